The summed E-state index contributed by atoms with van der Waals surface area (Å²) in [5.41, 5.74) is 4.30. The summed E-state index contributed by atoms with van der Waals surface area (Å²) in [6, 6.07) is 4.47. The first kappa shape index (κ1) is 21.7. The number of fused-ring (bicyclic) bond motifs is 1. The van der Waals surface area contributed by atoms with Crippen LogP contribution in [0.2, 0.25) is 0 Å². The number of carbonyl (C=O) groups is 1. The standard InChI is InChI=1S/C25H28FN5O/c1-4-18(6-5-16(2)26)23-24(21-11-13-27-25-22(21)12-14-28-25)31(15-29-23)20-9-7-19(8-10-20)30-17(3)32/h4-6,11-15,19-20H,1,7-10H2,2-3H3,(H,27,28)(H,30,32)/b16-5+,18-6+. The molecule has 0 atom stereocenters. The van der Waals surface area contributed by atoms with Gasteiger partial charge < -0.3 is 14.9 Å². The lowest BCUT2D eigenvalue weighted by atomic mass is 9.90. The number of pyridine rings is 1. The summed E-state index contributed by atoms with van der Waals surface area (Å²) in [4.78, 5) is 23.8. The van der Waals surface area contributed by atoms with Gasteiger partial charge in [0.1, 0.15) is 5.65 Å². The highest BCUT2D eigenvalue weighted by atomic mass is 19.1. The van der Waals surface area contributed by atoms with Gasteiger partial charge >= 0.3 is 0 Å². The summed E-state index contributed by atoms with van der Waals surface area (Å²) in [6.07, 6.45) is 14.1. The number of hydrogen-bond acceptors (Lipinski definition) is 3. The molecule has 2 N–H and O–H groups in total. The van der Waals surface area contributed by atoms with Gasteiger partial charge in [0.25, 0.3) is 0 Å². The molecule has 0 radical (unpaired) electrons. The zero-order chi connectivity index (χ0) is 22.7. The van der Waals surface area contributed by atoms with E-state index in [1.807, 2.05) is 24.7 Å². The molecule has 4 rings (SSSR count). The van der Waals surface area contributed by atoms with Gasteiger partial charge in [0, 0.05) is 47.9 Å². The van der Waals surface area contributed by atoms with Crippen molar-refractivity contribution in [3.63, 3.8) is 0 Å². The molecule has 7 heteroatoms. The monoisotopic (exact) mass is 433 g/mol. The number of aromatic amines is 1. The molecule has 0 spiro atoms. The van der Waals surface area contributed by atoms with Crippen LogP contribution in [0, 0.1) is 0 Å². The van der Waals surface area contributed by atoms with Crippen LogP contribution in [-0.2, 0) is 4.79 Å². The number of halogens is 1. The molecule has 1 amide bonds. The van der Waals surface area contributed by atoms with E-state index in [0.717, 1.165) is 59.2 Å². The maximum atomic E-state index is 13.4. The number of nitrogens with one attached hydrogen (secondary N) is 2. The Hall–Kier alpha value is -3.48. The van der Waals surface area contributed by atoms with Gasteiger partial charge in [0.05, 0.1) is 23.5 Å². The maximum Gasteiger partial charge on any atom is 0.217 e. The largest absolute Gasteiger partial charge is 0.354 e. The minimum atomic E-state index is -0.279. The minimum absolute atomic E-state index is 0.0164. The lowest BCUT2D eigenvalue weighted by molar-refractivity contribution is -0.119. The van der Waals surface area contributed by atoms with Crippen molar-refractivity contribution in [2.45, 2.75) is 51.6 Å². The molecule has 0 bridgehead atoms. The average Bonchev–Trinajstić information content (AvgIpc) is 3.41. The Balaban J connectivity index is 1.80. The van der Waals surface area contributed by atoms with E-state index in [9.17, 15) is 9.18 Å². The van der Waals surface area contributed by atoms with E-state index in [0.29, 0.717) is 0 Å². The van der Waals surface area contributed by atoms with Crippen molar-refractivity contribution in [2.24, 2.45) is 0 Å². The van der Waals surface area contributed by atoms with Crippen LogP contribution >= 0.6 is 0 Å². The van der Waals surface area contributed by atoms with Crippen molar-refractivity contribution in [3.05, 3.63) is 67.2 Å². The van der Waals surface area contributed by atoms with Crippen LogP contribution in [0.1, 0.15) is 51.3 Å². The van der Waals surface area contributed by atoms with E-state index < -0.39 is 0 Å². The first-order valence-corrected chi connectivity index (χ1v) is 10.9. The number of nitrogens with zero attached hydrogens (tertiary/aromatic N) is 3. The second-order valence-electron chi connectivity index (χ2n) is 8.23. The minimum Gasteiger partial charge on any atom is -0.354 e. The third-order valence-corrected chi connectivity index (χ3v) is 5.99. The normalized spacial score (nSPS) is 19.8. The predicted octanol–water partition coefficient (Wildman–Crippen LogP) is 5.49. The summed E-state index contributed by atoms with van der Waals surface area (Å²) in [5.74, 6) is -0.263. The summed E-state index contributed by atoms with van der Waals surface area (Å²) in [7, 11) is 0. The lowest BCUT2D eigenvalue weighted by Crippen LogP contribution is -2.36. The number of aromatic nitrogens is 4. The third-order valence-electron chi connectivity index (χ3n) is 5.99. The Labute approximate surface area is 187 Å². The molecule has 3 heterocycles. The molecular formula is C25H28FN5O. The number of amides is 1. The molecule has 0 saturated heterocycles. The zero-order valence-corrected chi connectivity index (χ0v) is 18.4. The van der Waals surface area contributed by atoms with Gasteiger partial charge in [-0.1, -0.05) is 18.7 Å². The Morgan fingerprint density at radius 3 is 2.69 bits per heavy atom. The van der Waals surface area contributed by atoms with Crippen LogP contribution in [0.5, 0.6) is 0 Å². The van der Waals surface area contributed by atoms with E-state index in [1.165, 1.54) is 13.0 Å². The van der Waals surface area contributed by atoms with Crippen molar-refractivity contribution in [3.8, 4) is 11.3 Å². The molecule has 0 unspecified atom stereocenters. The van der Waals surface area contributed by atoms with Crippen molar-refractivity contribution < 1.29 is 9.18 Å². The average molecular weight is 434 g/mol. The van der Waals surface area contributed by atoms with Crippen LogP contribution in [0.15, 0.2) is 61.5 Å². The molecule has 1 fully saturated rings. The van der Waals surface area contributed by atoms with Gasteiger partial charge in [0.15, 0.2) is 0 Å². The van der Waals surface area contributed by atoms with Crippen molar-refractivity contribution in [2.75, 3.05) is 0 Å². The van der Waals surface area contributed by atoms with E-state index in [4.69, 9.17) is 4.98 Å². The number of carbonyl (C=O) groups excluding carboxylic acids is 1. The predicted molar refractivity (Wildman–Crippen MR) is 125 cm³/mol. The van der Waals surface area contributed by atoms with E-state index in [1.54, 1.807) is 25.3 Å². The lowest BCUT2D eigenvalue weighted by Gasteiger charge is -2.31. The van der Waals surface area contributed by atoms with Crippen molar-refractivity contribution in [1.29, 1.82) is 0 Å². The molecule has 1 saturated carbocycles. The topological polar surface area (TPSA) is 75.6 Å². The zero-order valence-electron chi connectivity index (χ0n) is 18.4. The highest BCUT2D eigenvalue weighted by molar-refractivity contribution is 5.95. The molecule has 0 aromatic carbocycles. The molecule has 0 aliphatic heterocycles. The number of H-pyrrole nitrogens is 1. The summed E-state index contributed by atoms with van der Waals surface area (Å²) in [5, 5.41) is 4.04. The summed E-state index contributed by atoms with van der Waals surface area (Å²) >= 11 is 0. The molecule has 166 valence electrons. The molecule has 32 heavy (non-hydrogen) atoms. The van der Waals surface area contributed by atoms with Gasteiger partial charge in [-0.25, -0.2) is 14.4 Å². The smallest absolute Gasteiger partial charge is 0.217 e. The molecule has 3 aromatic heterocycles. The van der Waals surface area contributed by atoms with Gasteiger partial charge in [-0.05, 0) is 50.8 Å². The first-order chi connectivity index (χ1) is 15.5. The van der Waals surface area contributed by atoms with Gasteiger partial charge in [-0.15, -0.1) is 0 Å². The van der Waals surface area contributed by atoms with E-state index >= 15 is 0 Å². The Kier molecular flexibility index (Phi) is 6.35. The van der Waals surface area contributed by atoms with Crippen LogP contribution in [0.4, 0.5) is 4.39 Å². The summed E-state index contributed by atoms with van der Waals surface area (Å²) in [6.45, 7) is 6.91. The van der Waals surface area contributed by atoms with Crippen LogP contribution in [0.3, 0.4) is 0 Å². The van der Waals surface area contributed by atoms with E-state index in [2.05, 4.69) is 26.4 Å². The highest BCUT2D eigenvalue weighted by Gasteiger charge is 2.27. The second-order valence-corrected chi connectivity index (χ2v) is 8.23. The number of allylic oxidation sites excluding steroid dienone is 5. The van der Waals surface area contributed by atoms with Crippen LogP contribution in [0.25, 0.3) is 27.9 Å². The fourth-order valence-corrected chi connectivity index (χ4v) is 4.52. The highest BCUT2D eigenvalue weighted by Crippen LogP contribution is 2.38. The Bertz CT molecular complexity index is 1190. The summed E-state index contributed by atoms with van der Waals surface area (Å²) < 4.78 is 15.7. The molecule has 1 aliphatic rings. The molecule has 1 aliphatic carbocycles. The number of imidazole rings is 1. The third kappa shape index (κ3) is 4.42. The first-order valence-electron chi connectivity index (χ1n) is 10.9. The van der Waals surface area contributed by atoms with Crippen molar-refractivity contribution >= 4 is 22.5 Å². The molecule has 6 nitrogen and oxygen atoms in total. The SMILES string of the molecule is C=C/C(=C\C=C(/C)F)c1ncn(C2CCC(NC(C)=O)CC2)c1-c1ccnc2[nH]ccc12. The van der Waals surface area contributed by atoms with Gasteiger partial charge in [-0.3, -0.25) is 4.79 Å². The number of rotatable bonds is 6. The Morgan fingerprint density at radius 2 is 2.00 bits per heavy atom. The van der Waals surface area contributed by atoms with Crippen LogP contribution in [-0.4, -0.2) is 31.5 Å². The molecule has 3 aromatic rings. The van der Waals surface area contributed by atoms with E-state index in [-0.39, 0.29) is 23.8 Å². The Morgan fingerprint density at radius 1 is 1.22 bits per heavy atom. The fraction of sp³-hybridized carbons (Fsp3) is 0.320. The quantitative estimate of drug-likeness (QED) is 0.505. The van der Waals surface area contributed by atoms with Gasteiger partial charge in [0.2, 0.25) is 5.91 Å². The van der Waals surface area contributed by atoms with Crippen LogP contribution < -0.4 is 5.32 Å². The second kappa shape index (κ2) is 9.34. The fourth-order valence-electron chi connectivity index (χ4n) is 4.52. The van der Waals surface area contributed by atoms with Gasteiger partial charge in [-0.2, -0.15) is 0 Å². The maximum absolute atomic E-state index is 13.4. The molecular weight excluding hydrogens is 405 g/mol. The van der Waals surface area contributed by atoms with Crippen molar-refractivity contribution in [1.82, 2.24) is 24.8 Å². The number of hydrogen-bond donors (Lipinski definition) is 2.